The molecule has 3 nitrogen and oxygen atoms in total. The third-order valence-corrected chi connectivity index (χ3v) is 3.00. The molecule has 0 aliphatic carbocycles. The summed E-state index contributed by atoms with van der Waals surface area (Å²) in [7, 11) is 0. The molecule has 15 heavy (non-hydrogen) atoms. The Morgan fingerprint density at radius 1 is 1.40 bits per heavy atom. The molecular weight excluding hydrogens is 190 g/mol. The van der Waals surface area contributed by atoms with Gasteiger partial charge in [-0.3, -0.25) is 0 Å². The van der Waals surface area contributed by atoms with E-state index in [0.717, 1.165) is 18.4 Å². The molecule has 3 atom stereocenters. The maximum absolute atomic E-state index is 10.1. The SMILES string of the molecule is C[C@@H]1CC[C@H]([C@H](O)c2cccc(O)c2)N1. The first-order valence-corrected chi connectivity index (χ1v) is 5.40. The molecule has 0 radical (unpaired) electrons. The maximum Gasteiger partial charge on any atom is 0.115 e. The topological polar surface area (TPSA) is 52.5 Å². The Labute approximate surface area is 89.8 Å². The Balaban J connectivity index is 2.10. The lowest BCUT2D eigenvalue weighted by atomic mass is 10.0. The number of phenols is 1. The van der Waals surface area contributed by atoms with E-state index < -0.39 is 6.10 Å². The van der Waals surface area contributed by atoms with Crippen molar-refractivity contribution < 1.29 is 10.2 Å². The molecule has 82 valence electrons. The monoisotopic (exact) mass is 207 g/mol. The largest absolute Gasteiger partial charge is 0.508 e. The summed E-state index contributed by atoms with van der Waals surface area (Å²) in [5, 5.41) is 22.8. The molecule has 1 aliphatic heterocycles. The number of phenolic OH excluding ortho intramolecular Hbond substituents is 1. The summed E-state index contributed by atoms with van der Waals surface area (Å²) in [4.78, 5) is 0. The lowest BCUT2D eigenvalue weighted by molar-refractivity contribution is 0.135. The molecular formula is C12H17NO2. The van der Waals surface area contributed by atoms with E-state index in [9.17, 15) is 10.2 Å². The van der Waals surface area contributed by atoms with Gasteiger partial charge in [-0.05, 0) is 37.5 Å². The molecule has 1 aliphatic rings. The Bertz CT molecular complexity index is 340. The van der Waals surface area contributed by atoms with Crippen LogP contribution in [0.3, 0.4) is 0 Å². The van der Waals surface area contributed by atoms with Gasteiger partial charge in [0.15, 0.2) is 0 Å². The summed E-state index contributed by atoms with van der Waals surface area (Å²) in [5.41, 5.74) is 0.779. The van der Waals surface area contributed by atoms with Crippen LogP contribution < -0.4 is 5.32 Å². The number of rotatable bonds is 2. The molecule has 2 rings (SSSR count). The molecule has 3 heteroatoms. The summed E-state index contributed by atoms with van der Waals surface area (Å²) in [5.74, 6) is 0.206. The van der Waals surface area contributed by atoms with Crippen molar-refractivity contribution in [1.82, 2.24) is 5.32 Å². The van der Waals surface area contributed by atoms with E-state index in [0.29, 0.717) is 6.04 Å². The van der Waals surface area contributed by atoms with E-state index in [4.69, 9.17) is 0 Å². The van der Waals surface area contributed by atoms with Crippen LogP contribution in [0, 0.1) is 0 Å². The molecule has 0 aromatic heterocycles. The number of nitrogens with one attached hydrogen (secondary N) is 1. The van der Waals surface area contributed by atoms with Crippen LogP contribution in [0.2, 0.25) is 0 Å². The Kier molecular flexibility index (Phi) is 2.93. The number of hydrogen-bond donors (Lipinski definition) is 3. The van der Waals surface area contributed by atoms with Crippen LogP contribution in [0.4, 0.5) is 0 Å². The minimum atomic E-state index is -0.526. The Hall–Kier alpha value is -1.06. The fourth-order valence-corrected chi connectivity index (χ4v) is 2.15. The molecule has 1 fully saturated rings. The van der Waals surface area contributed by atoms with Crippen LogP contribution in [0.1, 0.15) is 31.4 Å². The predicted molar refractivity (Wildman–Crippen MR) is 58.7 cm³/mol. The summed E-state index contributed by atoms with van der Waals surface area (Å²) in [6.45, 7) is 2.12. The van der Waals surface area contributed by atoms with Crippen molar-refractivity contribution in [3.63, 3.8) is 0 Å². The number of benzene rings is 1. The lowest BCUT2D eigenvalue weighted by Crippen LogP contribution is -2.32. The van der Waals surface area contributed by atoms with Crippen molar-refractivity contribution in [2.75, 3.05) is 0 Å². The van der Waals surface area contributed by atoms with Gasteiger partial charge in [-0.15, -0.1) is 0 Å². The van der Waals surface area contributed by atoms with Crippen molar-refractivity contribution in [3.8, 4) is 5.75 Å². The van der Waals surface area contributed by atoms with Gasteiger partial charge < -0.3 is 15.5 Å². The van der Waals surface area contributed by atoms with E-state index in [-0.39, 0.29) is 11.8 Å². The van der Waals surface area contributed by atoms with Crippen molar-refractivity contribution in [1.29, 1.82) is 0 Å². The number of aliphatic hydroxyl groups excluding tert-OH is 1. The predicted octanol–water partition coefficient (Wildman–Crippen LogP) is 1.57. The first-order chi connectivity index (χ1) is 7.16. The molecule has 0 unspecified atom stereocenters. The third kappa shape index (κ3) is 2.30. The quantitative estimate of drug-likeness (QED) is 0.690. The van der Waals surface area contributed by atoms with Crippen molar-refractivity contribution >= 4 is 0 Å². The first kappa shape index (κ1) is 10.5. The zero-order valence-corrected chi connectivity index (χ0v) is 8.85. The van der Waals surface area contributed by atoms with Gasteiger partial charge >= 0.3 is 0 Å². The highest BCUT2D eigenvalue weighted by molar-refractivity contribution is 5.29. The van der Waals surface area contributed by atoms with Crippen molar-refractivity contribution in [2.45, 2.75) is 38.0 Å². The number of aromatic hydroxyl groups is 1. The third-order valence-electron chi connectivity index (χ3n) is 3.00. The zero-order chi connectivity index (χ0) is 10.8. The van der Waals surface area contributed by atoms with Crippen LogP contribution in [-0.4, -0.2) is 22.3 Å². The molecule has 0 spiro atoms. The molecule has 0 bridgehead atoms. The standard InChI is InChI=1S/C12H17NO2/c1-8-5-6-11(13-8)12(15)9-3-2-4-10(14)7-9/h2-4,7-8,11-15H,5-6H2,1H3/t8-,11-,12-/m1/s1. The van der Waals surface area contributed by atoms with E-state index in [1.807, 2.05) is 6.07 Å². The summed E-state index contributed by atoms with van der Waals surface area (Å²) < 4.78 is 0. The maximum atomic E-state index is 10.1. The minimum absolute atomic E-state index is 0.113. The minimum Gasteiger partial charge on any atom is -0.508 e. The summed E-state index contributed by atoms with van der Waals surface area (Å²) >= 11 is 0. The number of hydrogen-bond acceptors (Lipinski definition) is 3. The van der Waals surface area contributed by atoms with Gasteiger partial charge in [-0.2, -0.15) is 0 Å². The van der Waals surface area contributed by atoms with E-state index in [1.54, 1.807) is 18.2 Å². The van der Waals surface area contributed by atoms with Gasteiger partial charge in [-0.25, -0.2) is 0 Å². The van der Waals surface area contributed by atoms with Crippen LogP contribution in [0.15, 0.2) is 24.3 Å². The molecule has 1 aromatic carbocycles. The second kappa shape index (κ2) is 4.21. The van der Waals surface area contributed by atoms with Crippen LogP contribution in [-0.2, 0) is 0 Å². The van der Waals surface area contributed by atoms with Crippen molar-refractivity contribution in [2.24, 2.45) is 0 Å². The highest BCUT2D eigenvalue weighted by Gasteiger charge is 2.27. The Morgan fingerprint density at radius 3 is 2.80 bits per heavy atom. The zero-order valence-electron chi connectivity index (χ0n) is 8.85. The van der Waals surface area contributed by atoms with Gasteiger partial charge in [0.1, 0.15) is 5.75 Å². The lowest BCUT2D eigenvalue weighted by Gasteiger charge is -2.19. The van der Waals surface area contributed by atoms with Crippen LogP contribution in [0.25, 0.3) is 0 Å². The smallest absolute Gasteiger partial charge is 0.115 e. The molecule has 1 heterocycles. The van der Waals surface area contributed by atoms with Gasteiger partial charge in [0, 0.05) is 12.1 Å². The normalized spacial score (nSPS) is 27.9. The van der Waals surface area contributed by atoms with Gasteiger partial charge in [0.05, 0.1) is 6.10 Å². The summed E-state index contributed by atoms with van der Waals surface area (Å²) in [6.07, 6.45) is 1.56. The second-order valence-electron chi connectivity index (χ2n) is 4.29. The van der Waals surface area contributed by atoms with Gasteiger partial charge in [0.2, 0.25) is 0 Å². The highest BCUT2D eigenvalue weighted by atomic mass is 16.3. The van der Waals surface area contributed by atoms with Gasteiger partial charge in [0.25, 0.3) is 0 Å². The average Bonchev–Trinajstić information content (AvgIpc) is 2.64. The summed E-state index contributed by atoms with van der Waals surface area (Å²) in [6, 6.07) is 7.42. The van der Waals surface area contributed by atoms with Crippen LogP contribution >= 0.6 is 0 Å². The molecule has 1 saturated heterocycles. The van der Waals surface area contributed by atoms with E-state index in [2.05, 4.69) is 12.2 Å². The fourth-order valence-electron chi connectivity index (χ4n) is 2.15. The fraction of sp³-hybridized carbons (Fsp3) is 0.500. The van der Waals surface area contributed by atoms with Crippen LogP contribution in [0.5, 0.6) is 5.75 Å². The highest BCUT2D eigenvalue weighted by Crippen LogP contribution is 2.26. The molecule has 1 aromatic rings. The Morgan fingerprint density at radius 2 is 2.20 bits per heavy atom. The molecule has 3 N–H and O–H groups in total. The average molecular weight is 207 g/mol. The van der Waals surface area contributed by atoms with Crippen molar-refractivity contribution in [3.05, 3.63) is 29.8 Å². The second-order valence-corrected chi connectivity index (χ2v) is 4.29. The van der Waals surface area contributed by atoms with Gasteiger partial charge in [-0.1, -0.05) is 12.1 Å². The van der Waals surface area contributed by atoms with E-state index >= 15 is 0 Å². The first-order valence-electron chi connectivity index (χ1n) is 5.40. The molecule has 0 amide bonds. The molecule has 0 saturated carbocycles. The number of aliphatic hydroxyl groups is 1. The van der Waals surface area contributed by atoms with E-state index in [1.165, 1.54) is 0 Å².